The van der Waals surface area contributed by atoms with Crippen LogP contribution in [0.25, 0.3) is 0 Å². The molecule has 1 saturated carbocycles. The summed E-state index contributed by atoms with van der Waals surface area (Å²) in [5.41, 5.74) is -0.00782. The summed E-state index contributed by atoms with van der Waals surface area (Å²) in [7, 11) is 0. The van der Waals surface area contributed by atoms with E-state index in [1.165, 1.54) is 0 Å². The van der Waals surface area contributed by atoms with Gasteiger partial charge >= 0.3 is 0 Å². The van der Waals surface area contributed by atoms with Crippen molar-refractivity contribution in [3.63, 3.8) is 0 Å². The number of hydrogen-bond donors (Lipinski definition) is 1. The molecule has 2 rings (SSSR count). The van der Waals surface area contributed by atoms with Crippen LogP contribution in [0.4, 0.5) is 0 Å². The molecular formula is C12H12O4. The first kappa shape index (κ1) is 10.7. The minimum atomic E-state index is -0.248. The first-order valence-corrected chi connectivity index (χ1v) is 5.19. The number of carbonyl (C=O) groups is 2. The van der Waals surface area contributed by atoms with Gasteiger partial charge in [-0.05, 0) is 12.1 Å². The zero-order chi connectivity index (χ0) is 11.5. The van der Waals surface area contributed by atoms with Crippen molar-refractivity contribution in [2.24, 2.45) is 0 Å². The number of hydrogen-bond acceptors (Lipinski definition) is 4. The van der Waals surface area contributed by atoms with Gasteiger partial charge in [-0.3, -0.25) is 9.59 Å². The molecule has 0 saturated heterocycles. The summed E-state index contributed by atoms with van der Waals surface area (Å²) in [6.45, 7) is 0. The Hall–Kier alpha value is -1.84. The van der Waals surface area contributed by atoms with Crippen LogP contribution in [-0.4, -0.2) is 16.7 Å². The van der Waals surface area contributed by atoms with E-state index in [0.29, 0.717) is 6.42 Å². The van der Waals surface area contributed by atoms with E-state index >= 15 is 0 Å². The third-order valence-electron chi connectivity index (χ3n) is 2.61. The second-order valence-electron chi connectivity index (χ2n) is 3.75. The van der Waals surface area contributed by atoms with Crippen molar-refractivity contribution in [3.8, 4) is 0 Å². The van der Waals surface area contributed by atoms with Gasteiger partial charge in [-0.1, -0.05) is 0 Å². The van der Waals surface area contributed by atoms with Crippen molar-refractivity contribution in [3.05, 3.63) is 35.5 Å². The van der Waals surface area contributed by atoms with Gasteiger partial charge in [0, 0.05) is 25.7 Å². The van der Waals surface area contributed by atoms with Crippen molar-refractivity contribution < 1.29 is 19.1 Å². The number of allylic oxidation sites excluding steroid dienone is 2. The first-order chi connectivity index (χ1) is 7.68. The van der Waals surface area contributed by atoms with Crippen molar-refractivity contribution in [2.45, 2.75) is 25.7 Å². The lowest BCUT2D eigenvalue weighted by Crippen LogP contribution is -2.05. The van der Waals surface area contributed by atoms with E-state index in [4.69, 9.17) is 4.42 Å². The minimum absolute atomic E-state index is 0.00782. The predicted octanol–water partition coefficient (Wildman–Crippen LogP) is 1.96. The highest BCUT2D eigenvalue weighted by molar-refractivity contribution is 6.25. The summed E-state index contributed by atoms with van der Waals surface area (Å²) in [6, 6.07) is 3.54. The molecule has 1 aromatic heterocycles. The molecule has 0 radical (unpaired) electrons. The second-order valence-corrected chi connectivity index (χ2v) is 3.75. The van der Waals surface area contributed by atoms with Crippen LogP contribution in [0.1, 0.15) is 25.0 Å². The number of aryl methyl sites for hydroxylation is 1. The van der Waals surface area contributed by atoms with Crippen LogP contribution < -0.4 is 0 Å². The molecule has 1 fully saturated rings. The van der Waals surface area contributed by atoms with Crippen LogP contribution in [0.2, 0.25) is 0 Å². The topological polar surface area (TPSA) is 67.5 Å². The third-order valence-corrected chi connectivity index (χ3v) is 2.61. The van der Waals surface area contributed by atoms with Gasteiger partial charge < -0.3 is 9.52 Å². The lowest BCUT2D eigenvalue weighted by molar-refractivity contribution is -0.116. The monoisotopic (exact) mass is 220 g/mol. The van der Waals surface area contributed by atoms with Crippen LogP contribution in [0.3, 0.4) is 0 Å². The maximum atomic E-state index is 11.3. The van der Waals surface area contributed by atoms with E-state index in [9.17, 15) is 14.7 Å². The third kappa shape index (κ3) is 2.05. The van der Waals surface area contributed by atoms with Gasteiger partial charge in [0.1, 0.15) is 11.5 Å². The quantitative estimate of drug-likeness (QED) is 0.480. The Labute approximate surface area is 92.6 Å². The van der Waals surface area contributed by atoms with E-state index in [1.807, 2.05) is 0 Å². The van der Waals surface area contributed by atoms with Crippen LogP contribution in [0, 0.1) is 0 Å². The molecule has 0 aromatic carbocycles. The Morgan fingerprint density at radius 1 is 1.31 bits per heavy atom. The molecule has 16 heavy (non-hydrogen) atoms. The highest BCUT2D eigenvalue weighted by Gasteiger charge is 2.29. The molecule has 4 heteroatoms. The molecular weight excluding hydrogens is 208 g/mol. The van der Waals surface area contributed by atoms with Gasteiger partial charge in [-0.25, -0.2) is 0 Å². The lowest BCUT2D eigenvalue weighted by Gasteiger charge is -2.01. The van der Waals surface area contributed by atoms with Gasteiger partial charge in [0.2, 0.25) is 0 Å². The second kappa shape index (κ2) is 4.35. The van der Waals surface area contributed by atoms with Gasteiger partial charge in [-0.15, -0.1) is 0 Å². The molecule has 1 N–H and O–H groups in total. The zero-order valence-electron chi connectivity index (χ0n) is 8.73. The van der Waals surface area contributed by atoms with Crippen LogP contribution in [0.15, 0.2) is 34.1 Å². The summed E-state index contributed by atoms with van der Waals surface area (Å²) >= 11 is 0. The average molecular weight is 220 g/mol. The number of rotatable bonds is 3. The highest BCUT2D eigenvalue weighted by Crippen LogP contribution is 2.21. The van der Waals surface area contributed by atoms with E-state index < -0.39 is 0 Å². The van der Waals surface area contributed by atoms with Crippen LogP contribution >= 0.6 is 0 Å². The predicted molar refractivity (Wildman–Crippen MR) is 55.9 cm³/mol. The molecule has 1 heterocycles. The van der Waals surface area contributed by atoms with E-state index in [0.717, 1.165) is 5.76 Å². The number of carbonyl (C=O) groups excluding carboxylic acids is 2. The standard InChI is InChI=1S/C12H12O4/c13-9(4-3-8-2-1-7-16-8)12-10(14)5-6-11(12)15/h1-2,7,13H,3-6H2. The Morgan fingerprint density at radius 3 is 2.56 bits per heavy atom. The number of furan rings is 1. The fourth-order valence-corrected chi connectivity index (χ4v) is 1.78. The largest absolute Gasteiger partial charge is 0.511 e. The first-order valence-electron chi connectivity index (χ1n) is 5.19. The summed E-state index contributed by atoms with van der Waals surface area (Å²) in [4.78, 5) is 22.7. The van der Waals surface area contributed by atoms with Gasteiger partial charge in [0.25, 0.3) is 0 Å². The van der Waals surface area contributed by atoms with E-state index in [1.54, 1.807) is 18.4 Å². The lowest BCUT2D eigenvalue weighted by atomic mass is 10.1. The summed E-state index contributed by atoms with van der Waals surface area (Å²) in [5.74, 6) is 0.123. The van der Waals surface area contributed by atoms with Gasteiger partial charge in [0.15, 0.2) is 11.6 Å². The molecule has 0 unspecified atom stereocenters. The normalized spacial score (nSPS) is 15.9. The Kier molecular flexibility index (Phi) is 2.90. The van der Waals surface area contributed by atoms with E-state index in [2.05, 4.69) is 0 Å². The summed E-state index contributed by atoms with van der Waals surface area (Å²) in [6.07, 6.45) is 2.74. The summed E-state index contributed by atoms with van der Waals surface area (Å²) < 4.78 is 5.10. The van der Waals surface area contributed by atoms with Crippen LogP contribution in [0.5, 0.6) is 0 Å². The zero-order valence-corrected chi connectivity index (χ0v) is 8.73. The number of Topliss-reactive ketones (excluding diaryl/α,β-unsaturated/α-hetero) is 2. The van der Waals surface area contributed by atoms with Crippen molar-refractivity contribution in [1.29, 1.82) is 0 Å². The Bertz CT molecular complexity index is 422. The Balaban J connectivity index is 2.06. The SMILES string of the molecule is O=C1CCC(=O)C1=C(O)CCc1ccco1. The van der Waals surface area contributed by atoms with E-state index in [-0.39, 0.29) is 42.2 Å². The van der Waals surface area contributed by atoms with Crippen LogP contribution in [-0.2, 0) is 16.0 Å². The Morgan fingerprint density at radius 2 is 2.00 bits per heavy atom. The fourth-order valence-electron chi connectivity index (χ4n) is 1.78. The molecule has 1 aromatic rings. The molecule has 0 atom stereocenters. The maximum absolute atomic E-state index is 11.3. The maximum Gasteiger partial charge on any atom is 0.170 e. The molecule has 4 nitrogen and oxygen atoms in total. The molecule has 1 aliphatic rings. The minimum Gasteiger partial charge on any atom is -0.511 e. The number of ketones is 2. The number of aliphatic hydroxyl groups excluding tert-OH is 1. The fraction of sp³-hybridized carbons (Fsp3) is 0.333. The molecule has 84 valence electrons. The van der Waals surface area contributed by atoms with Crippen molar-refractivity contribution >= 4 is 11.6 Å². The summed E-state index contributed by atoms with van der Waals surface area (Å²) in [5, 5.41) is 9.68. The van der Waals surface area contributed by atoms with Gasteiger partial charge in [0.05, 0.1) is 11.8 Å². The molecule has 0 bridgehead atoms. The smallest absolute Gasteiger partial charge is 0.170 e. The molecule has 0 amide bonds. The number of aliphatic hydroxyl groups is 1. The van der Waals surface area contributed by atoms with Crippen molar-refractivity contribution in [2.75, 3.05) is 0 Å². The molecule has 0 aliphatic heterocycles. The average Bonchev–Trinajstić information content (AvgIpc) is 2.86. The van der Waals surface area contributed by atoms with Crippen molar-refractivity contribution in [1.82, 2.24) is 0 Å². The highest BCUT2D eigenvalue weighted by atomic mass is 16.3. The van der Waals surface area contributed by atoms with Gasteiger partial charge in [-0.2, -0.15) is 0 Å². The molecule has 1 aliphatic carbocycles. The molecule has 0 spiro atoms.